The summed E-state index contributed by atoms with van der Waals surface area (Å²) in [6, 6.07) is 26.8. The highest BCUT2D eigenvalue weighted by molar-refractivity contribution is 7.89. The highest BCUT2D eigenvalue weighted by Gasteiger charge is 2.23. The zero-order chi connectivity index (χ0) is 24.8. The highest BCUT2D eigenvalue weighted by atomic mass is 32.2. The third-order valence-electron chi connectivity index (χ3n) is 7.57. The normalized spacial score (nSPS) is 18.0. The van der Waals surface area contributed by atoms with Crippen molar-refractivity contribution >= 4 is 10.0 Å². The first kappa shape index (κ1) is 25.2. The van der Waals surface area contributed by atoms with E-state index in [1.54, 1.807) is 6.07 Å². The van der Waals surface area contributed by atoms with Crippen molar-refractivity contribution in [1.82, 2.24) is 14.5 Å². The fraction of sp³-hybridized carbons (Fsp3) is 0.400. The molecule has 2 aliphatic rings. The summed E-state index contributed by atoms with van der Waals surface area (Å²) in [6.07, 6.45) is 4.13. The molecule has 190 valence electrons. The minimum Gasteiger partial charge on any atom is -0.299 e. The number of piperidine rings is 1. The summed E-state index contributed by atoms with van der Waals surface area (Å²) in [5.74, 6) is 0.383. The molecule has 1 fully saturated rings. The maximum atomic E-state index is 13.2. The summed E-state index contributed by atoms with van der Waals surface area (Å²) >= 11 is 0. The van der Waals surface area contributed by atoms with E-state index in [-0.39, 0.29) is 0 Å². The lowest BCUT2D eigenvalue weighted by atomic mass is 9.97. The molecule has 0 aliphatic carbocycles. The standard InChI is InChI=1S/C30H37N3O2S/c34-36(35,31-21-25-15-18-32(19-16-25)22-26-8-3-1-4-9-26)30-14-13-28-12-7-17-33(24-29(28)20-30)23-27-10-5-2-6-11-27/h1-6,8-11,13-14,20,25,31H,7,12,15-19,21-24H2. The number of nitrogens with zero attached hydrogens (tertiary/aromatic N) is 2. The topological polar surface area (TPSA) is 52.7 Å². The third kappa shape index (κ3) is 6.62. The lowest BCUT2D eigenvalue weighted by molar-refractivity contribution is 0.178. The summed E-state index contributed by atoms with van der Waals surface area (Å²) in [5, 5.41) is 0. The molecule has 0 spiro atoms. The second-order valence-electron chi connectivity index (χ2n) is 10.3. The summed E-state index contributed by atoms with van der Waals surface area (Å²) < 4.78 is 29.3. The molecule has 0 amide bonds. The van der Waals surface area contributed by atoms with Gasteiger partial charge in [0.1, 0.15) is 0 Å². The van der Waals surface area contributed by atoms with E-state index < -0.39 is 10.0 Å². The summed E-state index contributed by atoms with van der Waals surface area (Å²) in [6.45, 7) is 6.20. The molecule has 0 bridgehead atoms. The van der Waals surface area contributed by atoms with Crippen LogP contribution in [-0.2, 0) is 36.1 Å². The highest BCUT2D eigenvalue weighted by Crippen LogP contribution is 2.24. The predicted molar refractivity (Wildman–Crippen MR) is 145 cm³/mol. The van der Waals surface area contributed by atoms with E-state index in [9.17, 15) is 8.42 Å². The van der Waals surface area contributed by atoms with E-state index >= 15 is 0 Å². The van der Waals surface area contributed by atoms with Crippen LogP contribution in [0.15, 0.2) is 83.8 Å². The van der Waals surface area contributed by atoms with Gasteiger partial charge in [-0.1, -0.05) is 66.7 Å². The van der Waals surface area contributed by atoms with Gasteiger partial charge in [0.2, 0.25) is 10.0 Å². The van der Waals surface area contributed by atoms with Gasteiger partial charge in [0.25, 0.3) is 0 Å². The Morgan fingerprint density at radius 1 is 0.750 bits per heavy atom. The zero-order valence-corrected chi connectivity index (χ0v) is 21.8. The Labute approximate surface area is 216 Å². The van der Waals surface area contributed by atoms with E-state index in [4.69, 9.17) is 0 Å². The molecule has 0 radical (unpaired) electrons. The molecule has 0 unspecified atom stereocenters. The number of hydrogen-bond acceptors (Lipinski definition) is 4. The molecule has 5 rings (SSSR count). The molecule has 0 saturated carbocycles. The molecule has 3 aromatic carbocycles. The lowest BCUT2D eigenvalue weighted by Gasteiger charge is -2.32. The van der Waals surface area contributed by atoms with Gasteiger partial charge in [-0.05, 0) is 85.6 Å². The van der Waals surface area contributed by atoms with Crippen molar-refractivity contribution in [2.24, 2.45) is 5.92 Å². The summed E-state index contributed by atoms with van der Waals surface area (Å²) in [5.41, 5.74) is 5.04. The first-order chi connectivity index (χ1) is 17.5. The van der Waals surface area contributed by atoms with E-state index in [1.807, 2.05) is 24.3 Å². The van der Waals surface area contributed by atoms with Gasteiger partial charge in [-0.25, -0.2) is 13.1 Å². The molecule has 5 nitrogen and oxygen atoms in total. The Hall–Kier alpha value is -2.51. The van der Waals surface area contributed by atoms with Gasteiger partial charge in [0.05, 0.1) is 4.90 Å². The van der Waals surface area contributed by atoms with Crippen molar-refractivity contribution in [3.63, 3.8) is 0 Å². The SMILES string of the molecule is O=S(=O)(NCC1CCN(Cc2ccccc2)CC1)c1ccc2c(c1)CN(Cc1ccccc1)CCC2. The Morgan fingerprint density at radius 3 is 2.06 bits per heavy atom. The first-order valence-corrected chi connectivity index (χ1v) is 14.7. The van der Waals surface area contributed by atoms with Gasteiger partial charge >= 0.3 is 0 Å². The van der Waals surface area contributed by atoms with Crippen molar-refractivity contribution in [1.29, 1.82) is 0 Å². The van der Waals surface area contributed by atoms with Gasteiger partial charge in [0, 0.05) is 26.2 Å². The van der Waals surface area contributed by atoms with Crippen LogP contribution in [0.2, 0.25) is 0 Å². The molecule has 1 N–H and O–H groups in total. The van der Waals surface area contributed by atoms with Gasteiger partial charge in [0.15, 0.2) is 0 Å². The number of fused-ring (bicyclic) bond motifs is 1. The van der Waals surface area contributed by atoms with Crippen LogP contribution in [-0.4, -0.2) is 44.4 Å². The number of benzene rings is 3. The Kier molecular flexibility index (Phi) is 8.17. The molecule has 2 aliphatic heterocycles. The van der Waals surface area contributed by atoms with Crippen LogP contribution >= 0.6 is 0 Å². The van der Waals surface area contributed by atoms with Gasteiger partial charge in [-0.15, -0.1) is 0 Å². The Morgan fingerprint density at radius 2 is 1.39 bits per heavy atom. The van der Waals surface area contributed by atoms with E-state index in [0.29, 0.717) is 17.4 Å². The first-order valence-electron chi connectivity index (χ1n) is 13.2. The van der Waals surface area contributed by atoms with Crippen LogP contribution in [0, 0.1) is 5.92 Å². The Bertz CT molecular complexity index is 1220. The largest absolute Gasteiger partial charge is 0.299 e. The minimum absolute atomic E-state index is 0.383. The average Bonchev–Trinajstić information content (AvgIpc) is 3.11. The summed E-state index contributed by atoms with van der Waals surface area (Å²) in [4.78, 5) is 5.28. The van der Waals surface area contributed by atoms with E-state index in [2.05, 4.69) is 63.1 Å². The fourth-order valence-electron chi connectivity index (χ4n) is 5.45. The second-order valence-corrected chi connectivity index (χ2v) is 12.1. The van der Waals surface area contributed by atoms with Crippen molar-refractivity contribution in [3.8, 4) is 0 Å². The molecule has 2 heterocycles. The van der Waals surface area contributed by atoms with Crippen LogP contribution in [0.25, 0.3) is 0 Å². The van der Waals surface area contributed by atoms with Crippen LogP contribution in [0.1, 0.15) is 41.5 Å². The van der Waals surface area contributed by atoms with Crippen molar-refractivity contribution in [2.45, 2.75) is 50.2 Å². The molecule has 3 aromatic rings. The number of sulfonamides is 1. The molecular formula is C30H37N3O2S. The van der Waals surface area contributed by atoms with E-state index in [0.717, 1.165) is 70.5 Å². The number of hydrogen-bond donors (Lipinski definition) is 1. The molecule has 0 aromatic heterocycles. The Balaban J connectivity index is 1.16. The average molecular weight is 504 g/mol. The summed E-state index contributed by atoms with van der Waals surface area (Å²) in [7, 11) is -3.53. The van der Waals surface area contributed by atoms with Crippen molar-refractivity contribution in [3.05, 3.63) is 101 Å². The third-order valence-corrected chi connectivity index (χ3v) is 8.99. The second kappa shape index (κ2) is 11.7. The zero-order valence-electron chi connectivity index (χ0n) is 21.0. The number of nitrogens with one attached hydrogen (secondary N) is 1. The smallest absolute Gasteiger partial charge is 0.240 e. The van der Waals surface area contributed by atoms with Gasteiger partial charge < -0.3 is 0 Å². The van der Waals surface area contributed by atoms with Crippen LogP contribution < -0.4 is 4.72 Å². The number of rotatable bonds is 8. The maximum Gasteiger partial charge on any atom is 0.240 e. The van der Waals surface area contributed by atoms with Crippen molar-refractivity contribution in [2.75, 3.05) is 26.2 Å². The van der Waals surface area contributed by atoms with Gasteiger partial charge in [-0.2, -0.15) is 0 Å². The molecular weight excluding hydrogens is 466 g/mol. The molecule has 0 atom stereocenters. The van der Waals surface area contributed by atoms with E-state index in [1.165, 1.54) is 16.7 Å². The van der Waals surface area contributed by atoms with Crippen LogP contribution in [0.3, 0.4) is 0 Å². The van der Waals surface area contributed by atoms with Crippen molar-refractivity contribution < 1.29 is 8.42 Å². The quantitative estimate of drug-likeness (QED) is 0.479. The molecule has 1 saturated heterocycles. The molecule has 6 heteroatoms. The van der Waals surface area contributed by atoms with Crippen LogP contribution in [0.4, 0.5) is 0 Å². The molecule has 36 heavy (non-hydrogen) atoms. The monoisotopic (exact) mass is 503 g/mol. The fourth-order valence-corrected chi connectivity index (χ4v) is 6.62. The lowest BCUT2D eigenvalue weighted by Crippen LogP contribution is -2.38. The predicted octanol–water partition coefficient (Wildman–Crippen LogP) is 4.83. The van der Waals surface area contributed by atoms with Crippen LogP contribution in [0.5, 0.6) is 0 Å². The van der Waals surface area contributed by atoms with Gasteiger partial charge in [-0.3, -0.25) is 9.80 Å². The number of aryl methyl sites for hydroxylation is 1. The number of likely N-dealkylation sites (tertiary alicyclic amines) is 1. The minimum atomic E-state index is -3.53. The maximum absolute atomic E-state index is 13.2.